The molecule has 2 fully saturated rings. The van der Waals surface area contributed by atoms with Gasteiger partial charge in [-0.3, -0.25) is 4.79 Å². The summed E-state index contributed by atoms with van der Waals surface area (Å²) in [7, 11) is 0. The summed E-state index contributed by atoms with van der Waals surface area (Å²) in [5, 5.41) is 6.37. The standard InChI is InChI=1S/C22H25N5OS/c1-15-7-5-6-12-26(15)19(28)14-29-22-18-13-23-27(17-8-3-2-4-9-17)21(18)24-20(25-22)16-10-11-16/h2-4,8-9,13,15-16H,5-7,10-12,14H2,1H3/t15-/m0/s1. The van der Waals surface area contributed by atoms with Gasteiger partial charge in [-0.2, -0.15) is 5.10 Å². The molecule has 3 heterocycles. The summed E-state index contributed by atoms with van der Waals surface area (Å²) in [6.45, 7) is 3.03. The molecule has 7 heteroatoms. The topological polar surface area (TPSA) is 63.9 Å². The molecule has 150 valence electrons. The van der Waals surface area contributed by atoms with Gasteiger partial charge >= 0.3 is 0 Å². The van der Waals surface area contributed by atoms with Gasteiger partial charge in [0, 0.05) is 18.5 Å². The van der Waals surface area contributed by atoms with Crippen molar-refractivity contribution in [2.24, 2.45) is 0 Å². The Morgan fingerprint density at radius 3 is 2.72 bits per heavy atom. The van der Waals surface area contributed by atoms with Crippen LogP contribution >= 0.6 is 11.8 Å². The van der Waals surface area contributed by atoms with E-state index in [-0.39, 0.29) is 5.91 Å². The molecule has 1 amide bonds. The number of carbonyl (C=O) groups excluding carboxylic acids is 1. The molecule has 1 saturated heterocycles. The summed E-state index contributed by atoms with van der Waals surface area (Å²) < 4.78 is 1.88. The van der Waals surface area contributed by atoms with Crippen LogP contribution in [-0.4, -0.2) is 48.9 Å². The number of hydrogen-bond donors (Lipinski definition) is 0. The van der Waals surface area contributed by atoms with Crippen molar-refractivity contribution in [1.82, 2.24) is 24.6 Å². The van der Waals surface area contributed by atoms with Gasteiger partial charge < -0.3 is 4.90 Å². The number of amides is 1. The number of thioether (sulfide) groups is 1. The summed E-state index contributed by atoms with van der Waals surface area (Å²) >= 11 is 1.53. The molecule has 0 bridgehead atoms. The molecule has 1 aromatic carbocycles. The number of hydrogen-bond acceptors (Lipinski definition) is 5. The predicted octanol–water partition coefficient (Wildman–Crippen LogP) is 4.19. The third-order valence-corrected chi connectivity index (χ3v) is 6.79. The first-order chi connectivity index (χ1) is 14.2. The second-order valence-electron chi connectivity index (χ2n) is 8.01. The van der Waals surface area contributed by atoms with E-state index in [0.29, 0.717) is 17.7 Å². The number of fused-ring (bicyclic) bond motifs is 1. The number of rotatable bonds is 5. The molecule has 1 aliphatic carbocycles. The van der Waals surface area contributed by atoms with Crippen molar-refractivity contribution >= 4 is 28.7 Å². The molecule has 0 N–H and O–H groups in total. The highest BCUT2D eigenvalue weighted by Gasteiger charge is 2.29. The Morgan fingerprint density at radius 2 is 1.97 bits per heavy atom. The smallest absolute Gasteiger partial charge is 0.233 e. The maximum Gasteiger partial charge on any atom is 0.233 e. The Morgan fingerprint density at radius 1 is 1.14 bits per heavy atom. The molecule has 0 spiro atoms. The Balaban J connectivity index is 1.45. The lowest BCUT2D eigenvalue weighted by Crippen LogP contribution is -2.42. The fraction of sp³-hybridized carbons (Fsp3) is 0.455. The average Bonchev–Trinajstić information content (AvgIpc) is 3.52. The molecule has 6 nitrogen and oxygen atoms in total. The van der Waals surface area contributed by atoms with Crippen LogP contribution in [0.5, 0.6) is 0 Å². The van der Waals surface area contributed by atoms with Crippen LogP contribution in [-0.2, 0) is 4.79 Å². The van der Waals surface area contributed by atoms with E-state index in [1.165, 1.54) is 18.2 Å². The molecule has 2 aliphatic rings. The lowest BCUT2D eigenvalue weighted by atomic mass is 10.0. The van der Waals surface area contributed by atoms with Gasteiger partial charge in [0.25, 0.3) is 0 Å². The molecule has 1 atom stereocenters. The first kappa shape index (κ1) is 18.6. The summed E-state index contributed by atoms with van der Waals surface area (Å²) in [4.78, 5) is 24.5. The highest BCUT2D eigenvalue weighted by atomic mass is 32.2. The Labute approximate surface area is 174 Å². The zero-order valence-electron chi connectivity index (χ0n) is 16.6. The summed E-state index contributed by atoms with van der Waals surface area (Å²) in [5.74, 6) is 1.95. The van der Waals surface area contributed by atoms with Crippen LogP contribution in [0.15, 0.2) is 41.6 Å². The van der Waals surface area contributed by atoms with Crippen LogP contribution in [0.25, 0.3) is 16.7 Å². The van der Waals surface area contributed by atoms with Gasteiger partial charge in [0.05, 0.1) is 23.0 Å². The first-order valence-electron chi connectivity index (χ1n) is 10.4. The van der Waals surface area contributed by atoms with Gasteiger partial charge in [-0.25, -0.2) is 14.6 Å². The molecule has 1 saturated carbocycles. The first-order valence-corrected chi connectivity index (χ1v) is 11.4. The zero-order valence-corrected chi connectivity index (χ0v) is 17.4. The van der Waals surface area contributed by atoms with Gasteiger partial charge in [0.2, 0.25) is 5.91 Å². The number of carbonyl (C=O) groups is 1. The van der Waals surface area contributed by atoms with Gasteiger partial charge in [0.15, 0.2) is 5.65 Å². The monoisotopic (exact) mass is 407 g/mol. The van der Waals surface area contributed by atoms with Crippen molar-refractivity contribution in [3.05, 3.63) is 42.4 Å². The fourth-order valence-electron chi connectivity index (χ4n) is 3.97. The minimum Gasteiger partial charge on any atom is -0.339 e. The number of nitrogens with zero attached hydrogens (tertiary/aromatic N) is 5. The van der Waals surface area contributed by atoms with E-state index in [9.17, 15) is 4.79 Å². The molecular weight excluding hydrogens is 382 g/mol. The fourth-order valence-corrected chi connectivity index (χ4v) is 4.86. The van der Waals surface area contributed by atoms with Gasteiger partial charge in [-0.15, -0.1) is 0 Å². The molecule has 2 aromatic heterocycles. The molecule has 5 rings (SSSR count). The summed E-state index contributed by atoms with van der Waals surface area (Å²) in [6.07, 6.45) is 7.53. The maximum atomic E-state index is 12.8. The number of benzene rings is 1. The second-order valence-corrected chi connectivity index (χ2v) is 8.98. The lowest BCUT2D eigenvalue weighted by Gasteiger charge is -2.33. The summed E-state index contributed by atoms with van der Waals surface area (Å²) in [6, 6.07) is 10.4. The van der Waals surface area contributed by atoms with Crippen LogP contribution in [0.4, 0.5) is 0 Å². The highest BCUT2D eigenvalue weighted by Crippen LogP contribution is 2.40. The lowest BCUT2D eigenvalue weighted by molar-refractivity contribution is -0.131. The van der Waals surface area contributed by atoms with E-state index < -0.39 is 0 Å². The van der Waals surface area contributed by atoms with E-state index >= 15 is 0 Å². The average molecular weight is 408 g/mol. The van der Waals surface area contributed by atoms with Gasteiger partial charge in [-0.05, 0) is 51.2 Å². The Hall–Kier alpha value is -2.41. The van der Waals surface area contributed by atoms with E-state index in [4.69, 9.17) is 9.97 Å². The van der Waals surface area contributed by atoms with E-state index in [1.807, 2.05) is 46.1 Å². The normalized spacial score (nSPS) is 19.6. The van der Waals surface area contributed by atoms with Crippen LogP contribution in [0, 0.1) is 0 Å². The van der Waals surface area contributed by atoms with Crippen molar-refractivity contribution in [2.75, 3.05) is 12.3 Å². The van der Waals surface area contributed by atoms with Crippen LogP contribution in [0.3, 0.4) is 0 Å². The zero-order chi connectivity index (χ0) is 19.8. The summed E-state index contributed by atoms with van der Waals surface area (Å²) in [5.41, 5.74) is 1.81. The van der Waals surface area contributed by atoms with Gasteiger partial charge in [-0.1, -0.05) is 30.0 Å². The molecular formula is C22H25N5OS. The highest BCUT2D eigenvalue weighted by molar-refractivity contribution is 8.00. The molecule has 1 aliphatic heterocycles. The van der Waals surface area contributed by atoms with Crippen LogP contribution < -0.4 is 0 Å². The van der Waals surface area contributed by atoms with Crippen LogP contribution in [0.2, 0.25) is 0 Å². The van der Waals surface area contributed by atoms with E-state index in [2.05, 4.69) is 12.0 Å². The Bertz CT molecular complexity index is 1030. The number of aromatic nitrogens is 4. The molecule has 0 radical (unpaired) electrons. The van der Waals surface area contributed by atoms with E-state index in [1.54, 1.807) is 0 Å². The molecule has 3 aromatic rings. The number of para-hydroxylation sites is 1. The van der Waals surface area contributed by atoms with Crippen LogP contribution in [0.1, 0.15) is 50.8 Å². The number of piperidine rings is 1. The third kappa shape index (κ3) is 3.75. The predicted molar refractivity (Wildman–Crippen MR) is 114 cm³/mol. The number of likely N-dealkylation sites (tertiary alicyclic amines) is 1. The van der Waals surface area contributed by atoms with E-state index in [0.717, 1.165) is 59.8 Å². The SMILES string of the molecule is C[C@H]1CCCCN1C(=O)CSc1nc(C2CC2)nc2c1cnn2-c1ccccc1. The van der Waals surface area contributed by atoms with Crippen molar-refractivity contribution in [3.8, 4) is 5.69 Å². The minimum atomic E-state index is 0.206. The van der Waals surface area contributed by atoms with Crippen molar-refractivity contribution in [2.45, 2.75) is 56.0 Å². The van der Waals surface area contributed by atoms with Gasteiger partial charge in [0.1, 0.15) is 10.9 Å². The van der Waals surface area contributed by atoms with Crippen molar-refractivity contribution in [1.29, 1.82) is 0 Å². The van der Waals surface area contributed by atoms with Crippen molar-refractivity contribution in [3.63, 3.8) is 0 Å². The largest absolute Gasteiger partial charge is 0.339 e. The molecule has 29 heavy (non-hydrogen) atoms. The Kier molecular flexibility index (Phi) is 4.99. The second kappa shape index (κ2) is 7.78. The third-order valence-electron chi connectivity index (χ3n) is 5.81. The van der Waals surface area contributed by atoms with Crippen molar-refractivity contribution < 1.29 is 4.79 Å². The minimum absolute atomic E-state index is 0.206. The molecule has 0 unspecified atom stereocenters. The quantitative estimate of drug-likeness (QED) is 0.469. The maximum absolute atomic E-state index is 12.8.